The quantitative estimate of drug-likeness (QED) is 0.125. The number of hydrogen-bond donors (Lipinski definition) is 2. The van der Waals surface area contributed by atoms with Gasteiger partial charge in [0, 0.05) is 16.7 Å². The highest BCUT2D eigenvalue weighted by atomic mass is 32.2. The minimum absolute atomic E-state index is 0.0103. The summed E-state index contributed by atoms with van der Waals surface area (Å²) in [5.41, 5.74) is 3.41. The van der Waals surface area contributed by atoms with E-state index in [2.05, 4.69) is 19.9 Å². The topological polar surface area (TPSA) is 132 Å². The van der Waals surface area contributed by atoms with Crippen LogP contribution in [-0.4, -0.2) is 48.9 Å². The molecule has 0 unspecified atom stereocenters. The molecule has 0 saturated heterocycles. The average Bonchev–Trinajstić information content (AvgIpc) is 2.96. The van der Waals surface area contributed by atoms with E-state index in [-0.39, 0.29) is 44.0 Å². The van der Waals surface area contributed by atoms with Crippen LogP contribution in [0.3, 0.4) is 0 Å². The van der Waals surface area contributed by atoms with Crippen LogP contribution in [0, 0.1) is 0 Å². The molecule has 4 aromatic rings. The largest absolute Gasteiger partial charge is 0.478 e. The van der Waals surface area contributed by atoms with Gasteiger partial charge in [0.25, 0.3) is 0 Å². The maximum Gasteiger partial charge on any atom is 0.433 e. The Morgan fingerprint density at radius 3 is 1.65 bits per heavy atom. The molecule has 2 aromatic carbocycles. The maximum atomic E-state index is 12.9. The SMILES string of the molecule is CCSc1nc(-c2ccccc2C(=O)O)cc(C(F)(F)F)n1.CSc1nc(-c2ccccc2C(N)=O)cc(C(F)(F)F)n1. The fraction of sp³-hybridized carbons (Fsp3) is 0.185. The number of thioether (sulfide) groups is 2. The lowest BCUT2D eigenvalue weighted by Gasteiger charge is -2.11. The number of carboxylic acids is 1. The van der Waals surface area contributed by atoms with Gasteiger partial charge in [0.2, 0.25) is 5.91 Å². The maximum absolute atomic E-state index is 12.9. The number of aromatic nitrogens is 4. The van der Waals surface area contributed by atoms with Crippen molar-refractivity contribution in [2.24, 2.45) is 5.73 Å². The van der Waals surface area contributed by atoms with Crippen molar-refractivity contribution in [1.29, 1.82) is 0 Å². The molecule has 4 rings (SSSR count). The number of aromatic carboxylic acids is 1. The monoisotopic (exact) mass is 641 g/mol. The Kier molecular flexibility index (Phi) is 10.7. The number of benzene rings is 2. The van der Waals surface area contributed by atoms with Crippen LogP contribution < -0.4 is 5.73 Å². The molecule has 16 heteroatoms. The van der Waals surface area contributed by atoms with E-state index in [4.69, 9.17) is 10.8 Å². The summed E-state index contributed by atoms with van der Waals surface area (Å²) in [6, 6.07) is 13.5. The number of carbonyl (C=O) groups excluding carboxylic acids is 1. The predicted octanol–water partition coefficient (Wildman–Crippen LogP) is 6.96. The highest BCUT2D eigenvalue weighted by Crippen LogP contribution is 2.34. The van der Waals surface area contributed by atoms with Crippen molar-refractivity contribution in [1.82, 2.24) is 19.9 Å². The van der Waals surface area contributed by atoms with Crippen LogP contribution in [0.25, 0.3) is 22.5 Å². The van der Waals surface area contributed by atoms with Gasteiger partial charge < -0.3 is 10.8 Å². The fourth-order valence-corrected chi connectivity index (χ4v) is 4.48. The Bertz CT molecular complexity index is 1630. The molecule has 226 valence electrons. The number of alkyl halides is 6. The van der Waals surface area contributed by atoms with E-state index < -0.39 is 35.6 Å². The molecule has 0 radical (unpaired) electrons. The fourth-order valence-electron chi connectivity index (χ4n) is 3.52. The van der Waals surface area contributed by atoms with Gasteiger partial charge in [-0.1, -0.05) is 66.8 Å². The smallest absolute Gasteiger partial charge is 0.433 e. The van der Waals surface area contributed by atoms with E-state index in [9.17, 15) is 35.9 Å². The molecule has 0 aliphatic carbocycles. The van der Waals surface area contributed by atoms with Gasteiger partial charge in [0.1, 0.15) is 11.4 Å². The lowest BCUT2D eigenvalue weighted by Crippen LogP contribution is -2.14. The normalized spacial score (nSPS) is 11.4. The minimum atomic E-state index is -4.63. The Balaban J connectivity index is 0.000000236. The molecule has 0 aliphatic heterocycles. The third-order valence-electron chi connectivity index (χ3n) is 5.35. The summed E-state index contributed by atoms with van der Waals surface area (Å²) in [6.07, 6.45) is -7.65. The van der Waals surface area contributed by atoms with Gasteiger partial charge in [-0.25, -0.2) is 24.7 Å². The van der Waals surface area contributed by atoms with Crippen LogP contribution in [0.5, 0.6) is 0 Å². The first-order valence-corrected chi connectivity index (χ1v) is 14.2. The van der Waals surface area contributed by atoms with E-state index in [1.807, 2.05) is 0 Å². The number of hydrogen-bond acceptors (Lipinski definition) is 8. The molecule has 0 bridgehead atoms. The molecule has 0 fully saturated rings. The van der Waals surface area contributed by atoms with E-state index in [0.29, 0.717) is 5.75 Å². The van der Waals surface area contributed by atoms with Crippen molar-refractivity contribution in [2.45, 2.75) is 29.6 Å². The molecular weight excluding hydrogens is 620 g/mol. The van der Waals surface area contributed by atoms with Crippen LogP contribution >= 0.6 is 23.5 Å². The number of primary amides is 1. The third kappa shape index (κ3) is 8.67. The Hall–Kier alpha value is -4.18. The molecule has 0 saturated carbocycles. The second-order valence-electron chi connectivity index (χ2n) is 8.24. The average molecular weight is 642 g/mol. The molecule has 0 atom stereocenters. The number of nitrogens with two attached hydrogens (primary N) is 1. The number of halogens is 6. The van der Waals surface area contributed by atoms with Crippen molar-refractivity contribution in [3.05, 3.63) is 83.2 Å². The number of rotatable bonds is 7. The molecular formula is C27H21F6N5O3S2. The lowest BCUT2D eigenvalue weighted by atomic mass is 10.0. The predicted molar refractivity (Wildman–Crippen MR) is 149 cm³/mol. The minimum Gasteiger partial charge on any atom is -0.478 e. The zero-order valence-electron chi connectivity index (χ0n) is 22.2. The van der Waals surface area contributed by atoms with Gasteiger partial charge in [0.15, 0.2) is 10.3 Å². The van der Waals surface area contributed by atoms with Crippen LogP contribution in [0.1, 0.15) is 39.0 Å². The Labute approximate surface area is 249 Å². The summed E-state index contributed by atoms with van der Waals surface area (Å²) in [5, 5.41) is 9.09. The number of carbonyl (C=O) groups is 2. The number of amides is 1. The van der Waals surface area contributed by atoms with Gasteiger partial charge in [-0.15, -0.1) is 0 Å². The highest BCUT2D eigenvalue weighted by Gasteiger charge is 2.35. The molecule has 8 nitrogen and oxygen atoms in total. The van der Waals surface area contributed by atoms with Gasteiger partial charge in [0.05, 0.1) is 17.0 Å². The second kappa shape index (κ2) is 13.9. The summed E-state index contributed by atoms with van der Waals surface area (Å²) in [4.78, 5) is 37.6. The summed E-state index contributed by atoms with van der Waals surface area (Å²) >= 11 is 2.04. The lowest BCUT2D eigenvalue weighted by molar-refractivity contribution is -0.142. The summed E-state index contributed by atoms with van der Waals surface area (Å²) in [6.45, 7) is 1.76. The van der Waals surface area contributed by atoms with Crippen LogP contribution in [0.2, 0.25) is 0 Å². The molecule has 0 aliphatic rings. The molecule has 1 amide bonds. The van der Waals surface area contributed by atoms with Gasteiger partial charge >= 0.3 is 18.3 Å². The van der Waals surface area contributed by atoms with Crippen molar-refractivity contribution >= 4 is 35.4 Å². The van der Waals surface area contributed by atoms with E-state index in [0.717, 1.165) is 35.7 Å². The van der Waals surface area contributed by atoms with Crippen LogP contribution in [0.15, 0.2) is 71.0 Å². The Morgan fingerprint density at radius 2 is 1.21 bits per heavy atom. The van der Waals surface area contributed by atoms with Crippen LogP contribution in [-0.2, 0) is 12.4 Å². The standard InChI is InChI=1S/C14H11F3N2O2S.C13H10F3N3OS/c1-2-22-13-18-10(7-11(19-13)14(15,16)17)8-5-3-4-6-9(8)12(20)21;1-21-12-18-9(6-10(19-12)13(14,15)16)7-4-2-3-5-8(7)11(17)20/h3-7H,2H2,1H3,(H,20,21);2-6H,1H3,(H2,17,20). The van der Waals surface area contributed by atoms with Gasteiger partial charge in [-0.2, -0.15) is 26.3 Å². The highest BCUT2D eigenvalue weighted by molar-refractivity contribution is 7.99. The second-order valence-corrected chi connectivity index (χ2v) is 10.2. The number of carboxylic acid groups (broad SMARTS) is 1. The van der Waals surface area contributed by atoms with Gasteiger partial charge in [-0.05, 0) is 36.3 Å². The summed E-state index contributed by atoms with van der Waals surface area (Å²) in [7, 11) is 0. The zero-order valence-corrected chi connectivity index (χ0v) is 23.8. The first-order chi connectivity index (χ1) is 20.1. The third-order valence-corrected chi connectivity index (χ3v) is 6.63. The van der Waals surface area contributed by atoms with Crippen molar-refractivity contribution < 1.29 is 41.0 Å². The number of nitrogens with zero attached hydrogens (tertiary/aromatic N) is 4. The molecule has 3 N–H and O–H groups in total. The van der Waals surface area contributed by atoms with E-state index in [1.165, 1.54) is 30.3 Å². The van der Waals surface area contributed by atoms with Crippen LogP contribution in [0.4, 0.5) is 26.3 Å². The van der Waals surface area contributed by atoms with Crippen molar-refractivity contribution in [2.75, 3.05) is 12.0 Å². The first-order valence-electron chi connectivity index (χ1n) is 12.0. The molecule has 0 spiro atoms. The van der Waals surface area contributed by atoms with Crippen molar-refractivity contribution in [3.63, 3.8) is 0 Å². The van der Waals surface area contributed by atoms with E-state index >= 15 is 0 Å². The van der Waals surface area contributed by atoms with E-state index in [1.54, 1.807) is 31.4 Å². The zero-order chi connectivity index (χ0) is 31.9. The first kappa shape index (κ1) is 33.3. The molecule has 43 heavy (non-hydrogen) atoms. The van der Waals surface area contributed by atoms with Crippen molar-refractivity contribution in [3.8, 4) is 22.5 Å². The molecule has 2 heterocycles. The Morgan fingerprint density at radius 1 is 0.767 bits per heavy atom. The molecule has 2 aromatic heterocycles. The summed E-state index contributed by atoms with van der Waals surface area (Å²) in [5.74, 6) is -1.46. The summed E-state index contributed by atoms with van der Waals surface area (Å²) < 4.78 is 77.4. The van der Waals surface area contributed by atoms with Gasteiger partial charge in [-0.3, -0.25) is 4.79 Å².